The van der Waals surface area contributed by atoms with Crippen LogP contribution in [0.3, 0.4) is 0 Å². The lowest BCUT2D eigenvalue weighted by molar-refractivity contribution is -0.114. The third-order valence-electron chi connectivity index (χ3n) is 4.73. The number of amides is 1. The molecule has 0 spiro atoms. The average molecular weight is 306 g/mol. The molecule has 23 heavy (non-hydrogen) atoms. The summed E-state index contributed by atoms with van der Waals surface area (Å²) in [6, 6.07) is 12.0. The van der Waals surface area contributed by atoms with E-state index in [2.05, 4.69) is 17.4 Å². The van der Waals surface area contributed by atoms with Crippen molar-refractivity contribution in [3.05, 3.63) is 53.1 Å². The molecule has 1 N–H and O–H groups in total. The van der Waals surface area contributed by atoms with E-state index in [1.165, 1.54) is 5.56 Å². The molecule has 0 saturated carbocycles. The van der Waals surface area contributed by atoms with E-state index >= 15 is 0 Å². The van der Waals surface area contributed by atoms with E-state index < -0.39 is 5.91 Å². The quantitative estimate of drug-likeness (QED) is 0.868. The first-order chi connectivity index (χ1) is 11.2. The summed E-state index contributed by atoms with van der Waals surface area (Å²) < 4.78 is 0. The van der Waals surface area contributed by atoms with Crippen LogP contribution in [0, 0.1) is 0 Å². The summed E-state index contributed by atoms with van der Waals surface area (Å²) in [6.07, 6.45) is 0.910. The van der Waals surface area contributed by atoms with E-state index in [9.17, 15) is 9.59 Å². The number of rotatable bonds is 2. The van der Waals surface area contributed by atoms with Gasteiger partial charge in [-0.1, -0.05) is 30.3 Å². The Morgan fingerprint density at radius 3 is 2.61 bits per heavy atom. The number of nitrogens with one attached hydrogen (secondary N) is 1. The molecule has 1 amide bonds. The SMILES string of the molecule is CCN1C(=O)C(=O)c2cc(-c3ccccc3)c3c(c21)CNCC3. The van der Waals surface area contributed by atoms with Crippen LogP contribution in [0.15, 0.2) is 36.4 Å². The second-order valence-corrected chi connectivity index (χ2v) is 5.95. The lowest BCUT2D eigenvalue weighted by Crippen LogP contribution is -2.31. The lowest BCUT2D eigenvalue weighted by atomic mass is 9.87. The molecule has 2 aromatic rings. The largest absolute Gasteiger partial charge is 0.312 e. The topological polar surface area (TPSA) is 49.4 Å². The van der Waals surface area contributed by atoms with Crippen LogP contribution in [0.2, 0.25) is 0 Å². The van der Waals surface area contributed by atoms with Crippen molar-refractivity contribution in [1.29, 1.82) is 0 Å². The molecule has 0 bridgehead atoms. The number of carbonyl (C=O) groups excluding carboxylic acids is 2. The highest BCUT2D eigenvalue weighted by Gasteiger charge is 2.38. The maximum absolute atomic E-state index is 12.4. The van der Waals surface area contributed by atoms with Crippen molar-refractivity contribution >= 4 is 17.4 Å². The number of fused-ring (bicyclic) bond motifs is 3. The second-order valence-electron chi connectivity index (χ2n) is 5.95. The molecule has 4 rings (SSSR count). The third-order valence-corrected chi connectivity index (χ3v) is 4.73. The molecular formula is C19H18N2O2. The fourth-order valence-corrected chi connectivity index (χ4v) is 3.67. The minimum Gasteiger partial charge on any atom is -0.312 e. The highest BCUT2D eigenvalue weighted by atomic mass is 16.2. The molecule has 2 aliphatic rings. The summed E-state index contributed by atoms with van der Waals surface area (Å²) in [7, 11) is 0. The molecule has 0 aromatic heterocycles. The van der Waals surface area contributed by atoms with Gasteiger partial charge in [0.15, 0.2) is 0 Å². The number of ketones is 1. The van der Waals surface area contributed by atoms with Gasteiger partial charge in [-0.2, -0.15) is 0 Å². The summed E-state index contributed by atoms with van der Waals surface area (Å²) in [5.41, 5.74) is 5.93. The zero-order valence-corrected chi connectivity index (χ0v) is 13.1. The Bertz CT molecular complexity index is 812. The zero-order valence-electron chi connectivity index (χ0n) is 13.1. The van der Waals surface area contributed by atoms with Gasteiger partial charge >= 0.3 is 0 Å². The van der Waals surface area contributed by atoms with Crippen molar-refractivity contribution in [2.75, 3.05) is 18.0 Å². The summed E-state index contributed by atoms with van der Waals surface area (Å²) in [4.78, 5) is 26.3. The van der Waals surface area contributed by atoms with Gasteiger partial charge in [-0.05, 0) is 48.2 Å². The maximum Gasteiger partial charge on any atom is 0.299 e. The van der Waals surface area contributed by atoms with E-state index in [1.54, 1.807) is 4.90 Å². The van der Waals surface area contributed by atoms with Gasteiger partial charge in [-0.15, -0.1) is 0 Å². The molecule has 0 saturated heterocycles. The van der Waals surface area contributed by atoms with Crippen LogP contribution >= 0.6 is 0 Å². The van der Waals surface area contributed by atoms with E-state index in [-0.39, 0.29) is 5.78 Å². The van der Waals surface area contributed by atoms with Crippen LogP contribution in [-0.4, -0.2) is 24.8 Å². The third kappa shape index (κ3) is 2.02. The van der Waals surface area contributed by atoms with Gasteiger partial charge in [0, 0.05) is 13.1 Å². The number of anilines is 1. The Kier molecular flexibility index (Phi) is 3.27. The van der Waals surface area contributed by atoms with Crippen molar-refractivity contribution in [1.82, 2.24) is 5.32 Å². The number of nitrogens with zero attached hydrogens (tertiary/aromatic N) is 1. The van der Waals surface area contributed by atoms with E-state index in [0.717, 1.165) is 35.3 Å². The highest BCUT2D eigenvalue weighted by Crippen LogP contribution is 2.41. The van der Waals surface area contributed by atoms with Crippen LogP contribution in [-0.2, 0) is 17.8 Å². The van der Waals surface area contributed by atoms with Crippen molar-refractivity contribution < 1.29 is 9.59 Å². The second kappa shape index (κ2) is 5.32. The number of Topliss-reactive ketones (excluding diaryl/α,β-unsaturated/α-hetero) is 1. The number of benzene rings is 2. The van der Waals surface area contributed by atoms with Crippen LogP contribution < -0.4 is 10.2 Å². The lowest BCUT2D eigenvalue weighted by Gasteiger charge is -2.26. The fourth-order valence-electron chi connectivity index (χ4n) is 3.67. The smallest absolute Gasteiger partial charge is 0.299 e. The Hall–Kier alpha value is -2.46. The minimum absolute atomic E-state index is 0.382. The molecular weight excluding hydrogens is 288 g/mol. The number of hydrogen-bond acceptors (Lipinski definition) is 3. The molecule has 2 aliphatic heterocycles. The van der Waals surface area contributed by atoms with E-state index in [0.29, 0.717) is 18.7 Å². The van der Waals surface area contributed by atoms with Gasteiger partial charge in [0.1, 0.15) is 0 Å². The monoisotopic (exact) mass is 306 g/mol. The number of carbonyl (C=O) groups is 2. The van der Waals surface area contributed by atoms with Crippen molar-refractivity contribution in [3.8, 4) is 11.1 Å². The minimum atomic E-state index is -0.402. The number of likely N-dealkylation sites (N-methyl/N-ethyl adjacent to an activating group) is 1. The van der Waals surface area contributed by atoms with Crippen molar-refractivity contribution in [3.63, 3.8) is 0 Å². The Morgan fingerprint density at radius 1 is 1.09 bits per heavy atom. The molecule has 0 atom stereocenters. The summed E-state index contributed by atoms with van der Waals surface area (Å²) in [5.74, 6) is -0.784. The zero-order chi connectivity index (χ0) is 16.0. The predicted molar refractivity (Wildman–Crippen MR) is 89.6 cm³/mol. The Balaban J connectivity index is 2.02. The van der Waals surface area contributed by atoms with Crippen LogP contribution in [0.5, 0.6) is 0 Å². The summed E-state index contributed by atoms with van der Waals surface area (Å²) in [6.45, 7) is 4.05. The van der Waals surface area contributed by atoms with Gasteiger partial charge in [-0.25, -0.2) is 0 Å². The Morgan fingerprint density at radius 2 is 1.87 bits per heavy atom. The van der Waals surface area contributed by atoms with Gasteiger partial charge in [0.2, 0.25) is 0 Å². The maximum atomic E-state index is 12.4. The number of hydrogen-bond donors (Lipinski definition) is 1. The molecule has 2 aromatic carbocycles. The molecule has 4 nitrogen and oxygen atoms in total. The normalized spacial score (nSPS) is 16.5. The standard InChI is InChI=1S/C19H18N2O2/c1-2-21-17-15(18(22)19(21)23)10-14(12-6-4-3-5-7-12)13-8-9-20-11-16(13)17/h3-7,10,20H,2,8-9,11H2,1H3. The van der Waals surface area contributed by atoms with Crippen molar-refractivity contribution in [2.45, 2.75) is 19.9 Å². The molecule has 0 unspecified atom stereocenters. The van der Waals surface area contributed by atoms with Crippen LogP contribution in [0.25, 0.3) is 11.1 Å². The van der Waals surface area contributed by atoms with Crippen molar-refractivity contribution in [2.24, 2.45) is 0 Å². The fraction of sp³-hybridized carbons (Fsp3) is 0.263. The van der Waals surface area contributed by atoms with E-state index in [4.69, 9.17) is 0 Å². The molecule has 2 heterocycles. The molecule has 0 aliphatic carbocycles. The predicted octanol–water partition coefficient (Wildman–Crippen LogP) is 2.55. The van der Waals surface area contributed by atoms with Gasteiger partial charge in [0.25, 0.3) is 11.7 Å². The first kappa shape index (κ1) is 14.2. The molecule has 0 radical (unpaired) electrons. The summed E-state index contributed by atoms with van der Waals surface area (Å²) >= 11 is 0. The molecule has 0 fully saturated rings. The van der Waals surface area contributed by atoms with E-state index in [1.807, 2.05) is 31.2 Å². The van der Waals surface area contributed by atoms with Crippen LogP contribution in [0.1, 0.15) is 28.4 Å². The highest BCUT2D eigenvalue weighted by molar-refractivity contribution is 6.52. The van der Waals surface area contributed by atoms with Gasteiger partial charge < -0.3 is 10.2 Å². The molecule has 4 heteroatoms. The first-order valence-corrected chi connectivity index (χ1v) is 8.03. The van der Waals surface area contributed by atoms with Gasteiger partial charge in [-0.3, -0.25) is 9.59 Å². The Labute approximate surface area is 135 Å². The molecule has 116 valence electrons. The summed E-state index contributed by atoms with van der Waals surface area (Å²) in [5, 5.41) is 3.37. The van der Waals surface area contributed by atoms with Gasteiger partial charge in [0.05, 0.1) is 11.3 Å². The van der Waals surface area contributed by atoms with Crippen LogP contribution in [0.4, 0.5) is 5.69 Å². The first-order valence-electron chi connectivity index (χ1n) is 8.03. The average Bonchev–Trinajstić information content (AvgIpc) is 2.86.